The lowest BCUT2D eigenvalue weighted by atomic mass is 10.0. The van der Waals surface area contributed by atoms with Gasteiger partial charge in [0.1, 0.15) is 5.58 Å². The SMILES string of the molecule is COC(=O)Oc1c(-c2ccc(-c3ccccc3)cc2)oc2ccccc2c1=O. The number of fused-ring (bicyclic) bond motifs is 1. The van der Waals surface area contributed by atoms with Crippen molar-refractivity contribution in [3.05, 3.63) is 89.1 Å². The zero-order valence-electron chi connectivity index (χ0n) is 15.0. The molecule has 0 radical (unpaired) electrons. The number of hydrogen-bond donors (Lipinski definition) is 0. The maximum absolute atomic E-state index is 12.9. The minimum atomic E-state index is -0.982. The number of para-hydroxylation sites is 1. The fraction of sp³-hybridized carbons (Fsp3) is 0.0435. The fourth-order valence-corrected chi connectivity index (χ4v) is 2.98. The average Bonchev–Trinajstić information content (AvgIpc) is 2.76. The number of ether oxygens (including phenoxy) is 2. The fourth-order valence-electron chi connectivity index (χ4n) is 2.98. The Morgan fingerprint density at radius 3 is 2.11 bits per heavy atom. The van der Waals surface area contributed by atoms with E-state index in [2.05, 4.69) is 4.74 Å². The minimum absolute atomic E-state index is 0.175. The van der Waals surface area contributed by atoms with E-state index in [4.69, 9.17) is 9.15 Å². The zero-order chi connectivity index (χ0) is 19.5. The summed E-state index contributed by atoms with van der Waals surface area (Å²) in [6, 6.07) is 24.2. The standard InChI is InChI=1S/C23H16O5/c1-26-23(25)28-22-20(24)18-9-5-6-10-19(18)27-21(22)17-13-11-16(12-14-17)15-7-3-2-4-8-15/h2-14H,1H3. The summed E-state index contributed by atoms with van der Waals surface area (Å²) in [6.07, 6.45) is -0.982. The van der Waals surface area contributed by atoms with E-state index in [1.807, 2.05) is 54.6 Å². The molecule has 1 heterocycles. The molecule has 0 saturated heterocycles. The molecule has 4 rings (SSSR count). The van der Waals surface area contributed by atoms with Crippen LogP contribution >= 0.6 is 0 Å². The average molecular weight is 372 g/mol. The van der Waals surface area contributed by atoms with Crippen molar-refractivity contribution in [3.8, 4) is 28.2 Å². The molecule has 0 bridgehead atoms. The molecule has 0 saturated carbocycles. The van der Waals surface area contributed by atoms with Crippen molar-refractivity contribution in [2.75, 3.05) is 7.11 Å². The largest absolute Gasteiger partial charge is 0.513 e. The molecule has 0 unspecified atom stereocenters. The molecule has 0 aliphatic carbocycles. The number of carbonyl (C=O) groups is 1. The van der Waals surface area contributed by atoms with E-state index in [1.165, 1.54) is 7.11 Å². The lowest BCUT2D eigenvalue weighted by molar-refractivity contribution is 0.120. The summed E-state index contributed by atoms with van der Waals surface area (Å²) in [5.74, 6) is -0.0216. The lowest BCUT2D eigenvalue weighted by Gasteiger charge is -2.10. The highest BCUT2D eigenvalue weighted by molar-refractivity contribution is 5.83. The van der Waals surface area contributed by atoms with Gasteiger partial charge in [-0.15, -0.1) is 0 Å². The highest BCUT2D eigenvalue weighted by Gasteiger charge is 2.20. The van der Waals surface area contributed by atoms with E-state index in [9.17, 15) is 9.59 Å². The highest BCUT2D eigenvalue weighted by atomic mass is 16.7. The van der Waals surface area contributed by atoms with Gasteiger partial charge >= 0.3 is 6.16 Å². The second kappa shape index (κ2) is 7.40. The Morgan fingerprint density at radius 1 is 0.786 bits per heavy atom. The van der Waals surface area contributed by atoms with E-state index in [0.717, 1.165) is 11.1 Å². The Bertz CT molecular complexity index is 1190. The maximum atomic E-state index is 12.9. The molecule has 0 amide bonds. The van der Waals surface area contributed by atoms with Crippen molar-refractivity contribution in [3.63, 3.8) is 0 Å². The normalized spacial score (nSPS) is 10.6. The van der Waals surface area contributed by atoms with Gasteiger partial charge in [-0.25, -0.2) is 4.79 Å². The number of rotatable bonds is 3. The van der Waals surface area contributed by atoms with Crippen LogP contribution in [0.5, 0.6) is 5.75 Å². The van der Waals surface area contributed by atoms with Crippen LogP contribution in [0.2, 0.25) is 0 Å². The van der Waals surface area contributed by atoms with Crippen molar-refractivity contribution in [1.29, 1.82) is 0 Å². The second-order valence-corrected chi connectivity index (χ2v) is 6.09. The van der Waals surface area contributed by atoms with Crippen LogP contribution < -0.4 is 10.2 Å². The first-order valence-corrected chi connectivity index (χ1v) is 8.65. The molecule has 5 heteroatoms. The summed E-state index contributed by atoms with van der Waals surface area (Å²) < 4.78 is 15.6. The first kappa shape index (κ1) is 17.5. The van der Waals surface area contributed by atoms with Gasteiger partial charge < -0.3 is 13.9 Å². The molecule has 0 N–H and O–H groups in total. The van der Waals surface area contributed by atoms with Crippen LogP contribution in [0.4, 0.5) is 4.79 Å². The number of hydrogen-bond acceptors (Lipinski definition) is 5. The van der Waals surface area contributed by atoms with E-state index in [0.29, 0.717) is 16.5 Å². The molecular formula is C23H16O5. The molecule has 3 aromatic carbocycles. The van der Waals surface area contributed by atoms with Crippen molar-refractivity contribution < 1.29 is 18.7 Å². The molecule has 4 aromatic rings. The van der Waals surface area contributed by atoms with E-state index < -0.39 is 11.6 Å². The predicted molar refractivity (Wildman–Crippen MR) is 106 cm³/mol. The van der Waals surface area contributed by atoms with Crippen molar-refractivity contribution in [2.45, 2.75) is 0 Å². The van der Waals surface area contributed by atoms with Gasteiger partial charge in [0.05, 0.1) is 12.5 Å². The number of benzene rings is 3. The summed E-state index contributed by atoms with van der Waals surface area (Å²) in [5, 5.41) is 0.325. The molecule has 0 fully saturated rings. The first-order chi connectivity index (χ1) is 13.7. The van der Waals surface area contributed by atoms with E-state index in [1.54, 1.807) is 24.3 Å². The van der Waals surface area contributed by atoms with E-state index >= 15 is 0 Å². The first-order valence-electron chi connectivity index (χ1n) is 8.65. The van der Waals surface area contributed by atoms with Crippen molar-refractivity contribution >= 4 is 17.1 Å². The Hall–Kier alpha value is -3.86. The summed E-state index contributed by atoms with van der Waals surface area (Å²) in [6.45, 7) is 0. The third kappa shape index (κ3) is 3.25. The number of carbonyl (C=O) groups excluding carboxylic acids is 1. The van der Waals surface area contributed by atoms with Crippen LogP contribution in [0, 0.1) is 0 Å². The van der Waals surface area contributed by atoms with Crippen LogP contribution in [-0.2, 0) is 4.74 Å². The van der Waals surface area contributed by atoms with Gasteiger partial charge in [0.2, 0.25) is 11.2 Å². The molecule has 138 valence electrons. The van der Waals surface area contributed by atoms with Crippen LogP contribution in [0.3, 0.4) is 0 Å². The molecular weight excluding hydrogens is 356 g/mol. The molecule has 0 aliphatic heterocycles. The summed E-state index contributed by atoms with van der Waals surface area (Å²) in [7, 11) is 1.18. The van der Waals surface area contributed by atoms with Gasteiger partial charge in [0, 0.05) is 5.56 Å². The summed E-state index contributed by atoms with van der Waals surface area (Å²) in [4.78, 5) is 24.5. The zero-order valence-corrected chi connectivity index (χ0v) is 15.0. The molecule has 1 aromatic heterocycles. The third-order valence-electron chi connectivity index (χ3n) is 4.36. The molecule has 0 atom stereocenters. The van der Waals surface area contributed by atoms with Crippen LogP contribution in [0.15, 0.2) is 88.1 Å². The van der Waals surface area contributed by atoms with Crippen molar-refractivity contribution in [2.24, 2.45) is 0 Å². The van der Waals surface area contributed by atoms with Crippen LogP contribution in [0.1, 0.15) is 0 Å². The quantitative estimate of drug-likeness (QED) is 0.458. The monoisotopic (exact) mass is 372 g/mol. The van der Waals surface area contributed by atoms with Gasteiger partial charge in [0.15, 0.2) is 5.76 Å². The Kier molecular flexibility index (Phi) is 4.64. The molecule has 0 spiro atoms. The molecule has 5 nitrogen and oxygen atoms in total. The predicted octanol–water partition coefficient (Wildman–Crippen LogP) is 5.27. The van der Waals surface area contributed by atoms with Gasteiger partial charge in [-0.3, -0.25) is 4.79 Å². The Balaban J connectivity index is 1.86. The van der Waals surface area contributed by atoms with Crippen LogP contribution in [-0.4, -0.2) is 13.3 Å². The third-order valence-corrected chi connectivity index (χ3v) is 4.36. The molecule has 0 aliphatic rings. The Morgan fingerprint density at radius 2 is 1.39 bits per heavy atom. The maximum Gasteiger partial charge on any atom is 0.513 e. The summed E-state index contributed by atoms with van der Waals surface area (Å²) in [5.41, 5.74) is 2.67. The smallest absolute Gasteiger partial charge is 0.452 e. The van der Waals surface area contributed by atoms with Gasteiger partial charge in [-0.05, 0) is 23.3 Å². The Labute approximate surface area is 160 Å². The second-order valence-electron chi connectivity index (χ2n) is 6.09. The minimum Gasteiger partial charge on any atom is -0.452 e. The topological polar surface area (TPSA) is 65.7 Å². The number of methoxy groups -OCH3 is 1. The van der Waals surface area contributed by atoms with Crippen LogP contribution in [0.25, 0.3) is 33.4 Å². The molecule has 28 heavy (non-hydrogen) atoms. The van der Waals surface area contributed by atoms with E-state index in [-0.39, 0.29) is 11.5 Å². The lowest BCUT2D eigenvalue weighted by Crippen LogP contribution is -2.15. The van der Waals surface area contributed by atoms with Gasteiger partial charge in [-0.1, -0.05) is 66.7 Å². The highest BCUT2D eigenvalue weighted by Crippen LogP contribution is 2.32. The van der Waals surface area contributed by atoms with Gasteiger partial charge in [0.25, 0.3) is 0 Å². The summed E-state index contributed by atoms with van der Waals surface area (Å²) >= 11 is 0. The van der Waals surface area contributed by atoms with Crippen molar-refractivity contribution in [1.82, 2.24) is 0 Å². The van der Waals surface area contributed by atoms with Gasteiger partial charge in [-0.2, -0.15) is 0 Å².